The third-order valence-electron chi connectivity index (χ3n) is 3.50. The van der Waals surface area contributed by atoms with Gasteiger partial charge in [0, 0.05) is 29.7 Å². The van der Waals surface area contributed by atoms with Gasteiger partial charge in [0.25, 0.3) is 0 Å². The summed E-state index contributed by atoms with van der Waals surface area (Å²) in [7, 11) is 2.00. The van der Waals surface area contributed by atoms with Crippen molar-refractivity contribution in [2.24, 2.45) is 7.05 Å². The molecule has 2 aromatic rings. The van der Waals surface area contributed by atoms with Gasteiger partial charge in [-0.3, -0.25) is 4.68 Å². The van der Waals surface area contributed by atoms with E-state index in [0.717, 1.165) is 34.6 Å². The Morgan fingerprint density at radius 1 is 1.38 bits per heavy atom. The molecule has 3 nitrogen and oxygen atoms in total. The van der Waals surface area contributed by atoms with Crippen LogP contribution in [0.4, 0.5) is 0 Å². The molecule has 0 bridgehead atoms. The van der Waals surface area contributed by atoms with E-state index in [1.54, 1.807) is 0 Å². The second-order valence-corrected chi connectivity index (χ2v) is 6.55. The summed E-state index contributed by atoms with van der Waals surface area (Å²) in [6.07, 6.45) is 2.01. The monoisotopic (exact) mass is 369 g/mol. The van der Waals surface area contributed by atoms with Crippen LogP contribution in [0.15, 0.2) is 28.7 Å². The normalized spacial score (nSPS) is 12.6. The van der Waals surface area contributed by atoms with Crippen molar-refractivity contribution in [3.05, 3.63) is 50.7 Å². The Kier molecular flexibility index (Phi) is 5.85. The molecule has 0 aliphatic rings. The molecule has 1 N–H and O–H groups in total. The van der Waals surface area contributed by atoms with E-state index in [1.165, 1.54) is 11.3 Å². The van der Waals surface area contributed by atoms with Crippen LogP contribution in [0.2, 0.25) is 5.02 Å². The van der Waals surface area contributed by atoms with Crippen LogP contribution in [0.3, 0.4) is 0 Å². The predicted octanol–water partition coefficient (Wildman–Crippen LogP) is 4.43. The van der Waals surface area contributed by atoms with Gasteiger partial charge in [0.1, 0.15) is 0 Å². The van der Waals surface area contributed by atoms with Gasteiger partial charge in [-0.15, -0.1) is 0 Å². The van der Waals surface area contributed by atoms with Crippen molar-refractivity contribution in [2.75, 3.05) is 6.54 Å². The van der Waals surface area contributed by atoms with Crippen molar-refractivity contribution < 1.29 is 0 Å². The topological polar surface area (TPSA) is 29.9 Å². The molecule has 0 fully saturated rings. The Morgan fingerprint density at radius 2 is 2.14 bits per heavy atom. The Bertz CT molecular complexity index is 610. The average Bonchev–Trinajstić information content (AvgIpc) is 2.76. The molecule has 21 heavy (non-hydrogen) atoms. The predicted molar refractivity (Wildman–Crippen MR) is 91.8 cm³/mol. The Labute approximate surface area is 139 Å². The van der Waals surface area contributed by atoms with E-state index >= 15 is 0 Å². The van der Waals surface area contributed by atoms with Crippen molar-refractivity contribution in [3.8, 4) is 0 Å². The summed E-state index contributed by atoms with van der Waals surface area (Å²) >= 11 is 9.61. The zero-order valence-electron chi connectivity index (χ0n) is 12.7. The van der Waals surface area contributed by atoms with Crippen molar-refractivity contribution in [3.63, 3.8) is 0 Å². The Balaban J connectivity index is 2.24. The first-order chi connectivity index (χ1) is 10.0. The molecule has 1 atom stereocenters. The van der Waals surface area contributed by atoms with Gasteiger partial charge in [0.05, 0.1) is 10.7 Å². The number of nitrogens with zero attached hydrogens (tertiary/aromatic N) is 2. The highest BCUT2D eigenvalue weighted by Gasteiger charge is 2.15. The smallest absolute Gasteiger partial charge is 0.0596 e. The lowest BCUT2D eigenvalue weighted by atomic mass is 10.0. The number of aromatic nitrogens is 2. The minimum Gasteiger partial charge on any atom is -0.310 e. The molecule has 1 unspecified atom stereocenters. The number of hydrogen-bond donors (Lipinski definition) is 1. The molecule has 0 aliphatic carbocycles. The maximum atomic E-state index is 6.10. The molecule has 2 rings (SSSR count). The molecule has 0 saturated heterocycles. The molecule has 0 radical (unpaired) electrons. The van der Waals surface area contributed by atoms with E-state index in [2.05, 4.69) is 51.5 Å². The first kappa shape index (κ1) is 16.5. The van der Waals surface area contributed by atoms with Gasteiger partial charge in [-0.25, -0.2) is 0 Å². The van der Waals surface area contributed by atoms with E-state index < -0.39 is 0 Å². The van der Waals surface area contributed by atoms with Crippen LogP contribution in [0.5, 0.6) is 0 Å². The molecule has 0 aliphatic heterocycles. The van der Waals surface area contributed by atoms with Gasteiger partial charge in [0.15, 0.2) is 0 Å². The zero-order valence-corrected chi connectivity index (χ0v) is 15.0. The standard InChI is InChI=1S/C16H21BrClN3/c1-4-7-19-16(10-13-8-11(2)20-21(13)3)12-5-6-15(18)14(17)9-12/h5-6,8-9,16,19H,4,7,10H2,1-3H3. The fraction of sp³-hybridized carbons (Fsp3) is 0.438. The van der Waals surface area contributed by atoms with Crippen LogP contribution in [-0.4, -0.2) is 16.3 Å². The number of benzene rings is 1. The minimum atomic E-state index is 0.258. The summed E-state index contributed by atoms with van der Waals surface area (Å²) < 4.78 is 2.90. The first-order valence-electron chi connectivity index (χ1n) is 7.19. The summed E-state index contributed by atoms with van der Waals surface area (Å²) in [6.45, 7) is 5.19. The van der Waals surface area contributed by atoms with Crippen LogP contribution in [0, 0.1) is 6.92 Å². The molecule has 0 amide bonds. The maximum Gasteiger partial charge on any atom is 0.0596 e. The van der Waals surface area contributed by atoms with E-state index in [4.69, 9.17) is 11.6 Å². The minimum absolute atomic E-state index is 0.258. The summed E-state index contributed by atoms with van der Waals surface area (Å²) in [5.74, 6) is 0. The number of rotatable bonds is 6. The molecular formula is C16H21BrClN3. The molecule has 0 spiro atoms. The van der Waals surface area contributed by atoms with E-state index in [-0.39, 0.29) is 6.04 Å². The SMILES string of the molecule is CCCNC(Cc1cc(C)nn1C)c1ccc(Cl)c(Br)c1. The van der Waals surface area contributed by atoms with Gasteiger partial charge in [0.2, 0.25) is 0 Å². The van der Waals surface area contributed by atoms with Gasteiger partial charge in [-0.05, 0) is 59.6 Å². The Hall–Kier alpha value is -0.840. The number of aryl methyl sites for hydroxylation is 2. The van der Waals surface area contributed by atoms with Gasteiger partial charge in [-0.1, -0.05) is 24.6 Å². The quantitative estimate of drug-likeness (QED) is 0.815. The van der Waals surface area contributed by atoms with Gasteiger partial charge < -0.3 is 5.32 Å². The van der Waals surface area contributed by atoms with Crippen LogP contribution in [0.25, 0.3) is 0 Å². The van der Waals surface area contributed by atoms with Crippen LogP contribution >= 0.6 is 27.5 Å². The molecule has 1 aromatic heterocycles. The van der Waals surface area contributed by atoms with Crippen LogP contribution in [-0.2, 0) is 13.5 Å². The fourth-order valence-electron chi connectivity index (χ4n) is 2.42. The largest absolute Gasteiger partial charge is 0.310 e. The van der Waals surface area contributed by atoms with Gasteiger partial charge in [-0.2, -0.15) is 5.10 Å². The lowest BCUT2D eigenvalue weighted by Gasteiger charge is -2.19. The first-order valence-corrected chi connectivity index (χ1v) is 8.36. The van der Waals surface area contributed by atoms with Gasteiger partial charge >= 0.3 is 0 Å². The average molecular weight is 371 g/mol. The fourth-order valence-corrected chi connectivity index (χ4v) is 2.93. The second-order valence-electron chi connectivity index (χ2n) is 5.29. The zero-order chi connectivity index (χ0) is 15.4. The molecule has 1 aromatic carbocycles. The highest BCUT2D eigenvalue weighted by molar-refractivity contribution is 9.10. The third-order valence-corrected chi connectivity index (χ3v) is 4.71. The number of halogens is 2. The Morgan fingerprint density at radius 3 is 2.71 bits per heavy atom. The van der Waals surface area contributed by atoms with Crippen LogP contribution < -0.4 is 5.32 Å². The van der Waals surface area contributed by atoms with E-state index in [0.29, 0.717) is 0 Å². The molecule has 0 saturated carbocycles. The maximum absolute atomic E-state index is 6.10. The highest BCUT2D eigenvalue weighted by Crippen LogP contribution is 2.27. The third kappa shape index (κ3) is 4.31. The van der Waals surface area contributed by atoms with E-state index in [9.17, 15) is 0 Å². The van der Waals surface area contributed by atoms with Crippen molar-refractivity contribution in [1.82, 2.24) is 15.1 Å². The summed E-state index contributed by atoms with van der Waals surface area (Å²) in [4.78, 5) is 0. The second kappa shape index (κ2) is 7.43. The number of nitrogens with one attached hydrogen (secondary N) is 1. The van der Waals surface area contributed by atoms with Crippen LogP contribution in [0.1, 0.15) is 36.3 Å². The van der Waals surface area contributed by atoms with E-state index in [1.807, 2.05) is 24.7 Å². The summed E-state index contributed by atoms with van der Waals surface area (Å²) in [5.41, 5.74) is 3.52. The summed E-state index contributed by atoms with van der Waals surface area (Å²) in [6, 6.07) is 8.53. The number of hydrogen-bond acceptors (Lipinski definition) is 2. The van der Waals surface area contributed by atoms with Crippen molar-refractivity contribution >= 4 is 27.5 Å². The highest BCUT2D eigenvalue weighted by atomic mass is 79.9. The lowest BCUT2D eigenvalue weighted by Crippen LogP contribution is -2.25. The summed E-state index contributed by atoms with van der Waals surface area (Å²) in [5, 5.41) is 8.78. The molecular weight excluding hydrogens is 350 g/mol. The molecule has 1 heterocycles. The lowest BCUT2D eigenvalue weighted by molar-refractivity contribution is 0.512. The molecule has 114 valence electrons. The van der Waals surface area contributed by atoms with Crippen molar-refractivity contribution in [2.45, 2.75) is 32.7 Å². The molecule has 5 heteroatoms. The van der Waals surface area contributed by atoms with Crippen molar-refractivity contribution in [1.29, 1.82) is 0 Å².